The van der Waals surface area contributed by atoms with E-state index in [2.05, 4.69) is 44.2 Å². The number of piperidine rings is 1. The summed E-state index contributed by atoms with van der Waals surface area (Å²) in [7, 11) is 2.12. The van der Waals surface area contributed by atoms with E-state index in [1.165, 1.54) is 10.1 Å². The Morgan fingerprint density at radius 2 is 1.93 bits per heavy atom. The van der Waals surface area contributed by atoms with Crippen molar-refractivity contribution in [2.75, 3.05) is 61.1 Å². The monoisotopic (exact) mass is 410 g/mol. The van der Waals surface area contributed by atoms with E-state index in [1.54, 1.807) is 11.3 Å². The summed E-state index contributed by atoms with van der Waals surface area (Å²) in [4.78, 5) is 21.1. The van der Waals surface area contributed by atoms with Crippen LogP contribution in [0.4, 0.5) is 17.6 Å². The maximum atomic E-state index is 5.47. The molecular weight excluding hydrogens is 384 g/mol. The van der Waals surface area contributed by atoms with Crippen molar-refractivity contribution in [2.45, 2.75) is 18.9 Å². The second kappa shape index (κ2) is 8.12. The van der Waals surface area contributed by atoms with Gasteiger partial charge in [-0.2, -0.15) is 4.98 Å². The highest BCUT2D eigenvalue weighted by atomic mass is 32.1. The molecule has 0 aromatic carbocycles. The molecule has 0 saturated carbocycles. The van der Waals surface area contributed by atoms with Gasteiger partial charge in [-0.1, -0.05) is 0 Å². The maximum Gasteiger partial charge on any atom is 0.227 e. The van der Waals surface area contributed by atoms with Gasteiger partial charge in [-0.15, -0.1) is 11.3 Å². The minimum Gasteiger partial charge on any atom is -0.378 e. The summed E-state index contributed by atoms with van der Waals surface area (Å²) in [6.07, 6.45) is 6.08. The summed E-state index contributed by atoms with van der Waals surface area (Å²) >= 11 is 1.77. The molecule has 7 nitrogen and oxygen atoms in total. The number of thiophene rings is 1. The molecule has 0 spiro atoms. The molecule has 0 bridgehead atoms. The second-order valence-electron chi connectivity index (χ2n) is 7.63. The fourth-order valence-corrected chi connectivity index (χ4v) is 5.01. The zero-order chi connectivity index (χ0) is 19.6. The molecule has 0 radical (unpaired) electrons. The Morgan fingerprint density at radius 3 is 2.83 bits per heavy atom. The van der Waals surface area contributed by atoms with Crippen LogP contribution in [0.25, 0.3) is 10.1 Å². The predicted octanol–water partition coefficient (Wildman–Crippen LogP) is 3.03. The number of aromatic nitrogens is 3. The van der Waals surface area contributed by atoms with Crippen LogP contribution in [0.2, 0.25) is 0 Å². The van der Waals surface area contributed by atoms with Crippen molar-refractivity contribution < 1.29 is 4.74 Å². The van der Waals surface area contributed by atoms with Gasteiger partial charge in [0.05, 0.1) is 13.2 Å². The van der Waals surface area contributed by atoms with Crippen LogP contribution in [-0.2, 0) is 4.74 Å². The SMILES string of the molecule is CN(c1nccc(N2CCOCC2)n1)C1CCCN(c2nccc3sccc23)C1. The number of pyridine rings is 1. The molecule has 0 amide bonds. The van der Waals surface area contributed by atoms with Gasteiger partial charge in [-0.25, -0.2) is 9.97 Å². The number of nitrogens with zero attached hydrogens (tertiary/aromatic N) is 6. The summed E-state index contributed by atoms with van der Waals surface area (Å²) in [5.41, 5.74) is 0. The third-order valence-corrected chi connectivity index (χ3v) is 6.76. The highest BCUT2D eigenvalue weighted by molar-refractivity contribution is 7.17. The lowest BCUT2D eigenvalue weighted by molar-refractivity contribution is 0.122. The molecule has 29 heavy (non-hydrogen) atoms. The van der Waals surface area contributed by atoms with E-state index in [0.29, 0.717) is 6.04 Å². The largest absolute Gasteiger partial charge is 0.378 e. The Hall–Kier alpha value is -2.45. The van der Waals surface area contributed by atoms with Crippen LogP contribution >= 0.6 is 11.3 Å². The number of likely N-dealkylation sites (N-methyl/N-ethyl adjacent to an activating group) is 1. The molecule has 5 heterocycles. The summed E-state index contributed by atoms with van der Waals surface area (Å²) in [6.45, 7) is 5.26. The van der Waals surface area contributed by atoms with E-state index in [9.17, 15) is 0 Å². The van der Waals surface area contributed by atoms with Crippen molar-refractivity contribution in [3.05, 3.63) is 36.0 Å². The molecule has 2 aliphatic rings. The molecular formula is C21H26N6OS. The summed E-state index contributed by atoms with van der Waals surface area (Å²) < 4.78 is 6.76. The third-order valence-electron chi connectivity index (χ3n) is 5.88. The summed E-state index contributed by atoms with van der Waals surface area (Å²) in [5.74, 6) is 2.88. The molecule has 2 fully saturated rings. The number of anilines is 3. The van der Waals surface area contributed by atoms with E-state index < -0.39 is 0 Å². The van der Waals surface area contributed by atoms with Gasteiger partial charge in [-0.05, 0) is 36.4 Å². The molecule has 0 N–H and O–H groups in total. The molecule has 3 aromatic rings. The Labute approximate surface area is 175 Å². The van der Waals surface area contributed by atoms with Gasteiger partial charge in [0, 0.05) is 61.7 Å². The molecule has 2 saturated heterocycles. The quantitative estimate of drug-likeness (QED) is 0.655. The number of morpholine rings is 1. The van der Waals surface area contributed by atoms with E-state index >= 15 is 0 Å². The minimum absolute atomic E-state index is 0.361. The molecule has 8 heteroatoms. The van der Waals surface area contributed by atoms with E-state index in [4.69, 9.17) is 14.7 Å². The topological polar surface area (TPSA) is 57.6 Å². The number of fused-ring (bicyclic) bond motifs is 1. The standard InChI is InChI=1S/C21H26N6OS/c1-25(21-23-8-5-19(24-21)26-10-12-28-13-11-26)16-3-2-9-27(15-16)20-17-6-14-29-18(17)4-7-22-20/h4-8,14,16H,2-3,9-13,15H2,1H3. The lowest BCUT2D eigenvalue weighted by Gasteiger charge is -2.38. The fraction of sp³-hybridized carbons (Fsp3) is 0.476. The zero-order valence-corrected chi connectivity index (χ0v) is 17.5. The van der Waals surface area contributed by atoms with Crippen LogP contribution in [0.3, 0.4) is 0 Å². The Balaban J connectivity index is 1.35. The van der Waals surface area contributed by atoms with Crippen molar-refractivity contribution in [1.82, 2.24) is 15.0 Å². The van der Waals surface area contributed by atoms with Gasteiger partial charge in [0.15, 0.2) is 0 Å². The van der Waals surface area contributed by atoms with Gasteiger partial charge in [0.2, 0.25) is 5.95 Å². The first-order valence-electron chi connectivity index (χ1n) is 10.3. The predicted molar refractivity (Wildman–Crippen MR) is 118 cm³/mol. The third kappa shape index (κ3) is 3.74. The average molecular weight is 411 g/mol. The molecule has 1 unspecified atom stereocenters. The van der Waals surface area contributed by atoms with Crippen LogP contribution in [0.5, 0.6) is 0 Å². The molecule has 1 atom stereocenters. The van der Waals surface area contributed by atoms with Gasteiger partial charge in [0.1, 0.15) is 11.6 Å². The molecule has 0 aliphatic carbocycles. The summed E-state index contributed by atoms with van der Waals surface area (Å²) in [6, 6.07) is 6.64. The van der Waals surface area contributed by atoms with Crippen LogP contribution in [0.15, 0.2) is 36.0 Å². The zero-order valence-electron chi connectivity index (χ0n) is 16.7. The highest BCUT2D eigenvalue weighted by Crippen LogP contribution is 2.31. The van der Waals surface area contributed by atoms with E-state index in [-0.39, 0.29) is 0 Å². The Morgan fingerprint density at radius 1 is 1.07 bits per heavy atom. The first-order valence-corrected chi connectivity index (χ1v) is 11.1. The maximum absolute atomic E-state index is 5.47. The molecule has 5 rings (SSSR count). The number of hydrogen-bond donors (Lipinski definition) is 0. The lowest BCUT2D eigenvalue weighted by atomic mass is 10.0. The molecule has 152 valence electrons. The first kappa shape index (κ1) is 18.6. The van der Waals surface area contributed by atoms with Crippen LogP contribution in [-0.4, -0.2) is 67.4 Å². The molecule has 2 aliphatic heterocycles. The minimum atomic E-state index is 0.361. The highest BCUT2D eigenvalue weighted by Gasteiger charge is 2.27. The smallest absolute Gasteiger partial charge is 0.227 e. The normalized spacial score (nSPS) is 20.2. The van der Waals surface area contributed by atoms with E-state index in [1.807, 2.05) is 18.5 Å². The van der Waals surface area contributed by atoms with Crippen molar-refractivity contribution in [3.63, 3.8) is 0 Å². The van der Waals surface area contributed by atoms with Crippen LogP contribution in [0, 0.1) is 0 Å². The Bertz CT molecular complexity index is 972. The number of rotatable bonds is 4. The van der Waals surface area contributed by atoms with Crippen molar-refractivity contribution in [1.29, 1.82) is 0 Å². The first-order chi connectivity index (χ1) is 14.3. The van der Waals surface area contributed by atoms with Gasteiger partial charge in [-0.3, -0.25) is 0 Å². The van der Waals surface area contributed by atoms with Crippen LogP contribution < -0.4 is 14.7 Å². The van der Waals surface area contributed by atoms with Crippen LogP contribution in [0.1, 0.15) is 12.8 Å². The van der Waals surface area contributed by atoms with Crippen molar-refractivity contribution in [3.8, 4) is 0 Å². The number of hydrogen-bond acceptors (Lipinski definition) is 8. The Kier molecular flexibility index (Phi) is 5.20. The second-order valence-corrected chi connectivity index (χ2v) is 8.58. The van der Waals surface area contributed by atoms with E-state index in [0.717, 1.165) is 69.8 Å². The average Bonchev–Trinajstić information content (AvgIpc) is 3.28. The van der Waals surface area contributed by atoms with Gasteiger partial charge >= 0.3 is 0 Å². The molecule has 3 aromatic heterocycles. The number of ether oxygens (including phenoxy) is 1. The summed E-state index contributed by atoms with van der Waals surface area (Å²) in [5, 5.41) is 3.40. The lowest BCUT2D eigenvalue weighted by Crippen LogP contribution is -2.47. The fourth-order valence-electron chi connectivity index (χ4n) is 4.24. The van der Waals surface area contributed by atoms with Crippen molar-refractivity contribution >= 4 is 39.0 Å². The van der Waals surface area contributed by atoms with Gasteiger partial charge in [0.25, 0.3) is 0 Å². The van der Waals surface area contributed by atoms with Crippen molar-refractivity contribution in [2.24, 2.45) is 0 Å². The van der Waals surface area contributed by atoms with Gasteiger partial charge < -0.3 is 19.4 Å².